The van der Waals surface area contributed by atoms with E-state index < -0.39 is 0 Å². The average Bonchev–Trinajstić information content (AvgIpc) is 2.65. The minimum Gasteiger partial charge on any atom is -0.354 e. The van der Waals surface area contributed by atoms with Crippen molar-refractivity contribution in [1.82, 2.24) is 5.32 Å². The van der Waals surface area contributed by atoms with Crippen LogP contribution in [-0.4, -0.2) is 29.5 Å². The van der Waals surface area contributed by atoms with E-state index in [1.54, 1.807) is 0 Å². The lowest BCUT2D eigenvalue weighted by Crippen LogP contribution is -2.43. The first-order chi connectivity index (χ1) is 7.09. The van der Waals surface area contributed by atoms with Gasteiger partial charge in [0.05, 0.1) is 6.04 Å². The number of nitrogens with one attached hydrogen (secondary N) is 1. The molecule has 1 amide bonds. The van der Waals surface area contributed by atoms with Gasteiger partial charge in [0.1, 0.15) is 0 Å². The summed E-state index contributed by atoms with van der Waals surface area (Å²) < 4.78 is 0. The first kappa shape index (κ1) is 12.8. The summed E-state index contributed by atoms with van der Waals surface area (Å²) in [6.07, 6.45) is 3.28. The van der Waals surface area contributed by atoms with Gasteiger partial charge in [-0.2, -0.15) is 11.8 Å². The van der Waals surface area contributed by atoms with E-state index in [4.69, 9.17) is 5.73 Å². The van der Waals surface area contributed by atoms with Gasteiger partial charge in [0, 0.05) is 11.8 Å². The smallest absolute Gasteiger partial charge is 0.236 e. The van der Waals surface area contributed by atoms with Crippen LogP contribution in [-0.2, 0) is 4.79 Å². The third kappa shape index (κ3) is 4.89. The van der Waals surface area contributed by atoms with Crippen molar-refractivity contribution < 1.29 is 4.79 Å². The molecule has 4 heteroatoms. The van der Waals surface area contributed by atoms with Gasteiger partial charge in [-0.15, -0.1) is 0 Å². The van der Waals surface area contributed by atoms with Gasteiger partial charge in [-0.05, 0) is 30.9 Å². The Morgan fingerprint density at radius 1 is 1.60 bits per heavy atom. The minimum absolute atomic E-state index is 0.0104. The van der Waals surface area contributed by atoms with Crippen molar-refractivity contribution in [3.63, 3.8) is 0 Å². The summed E-state index contributed by atoms with van der Waals surface area (Å²) in [6, 6.07) is -0.337. The zero-order valence-corrected chi connectivity index (χ0v) is 10.5. The maximum Gasteiger partial charge on any atom is 0.236 e. The molecular weight excluding hydrogens is 208 g/mol. The second kappa shape index (κ2) is 6.38. The van der Waals surface area contributed by atoms with Crippen molar-refractivity contribution >= 4 is 17.7 Å². The normalized spacial score (nSPS) is 23.1. The summed E-state index contributed by atoms with van der Waals surface area (Å²) in [6.45, 7) is 4.95. The molecule has 1 rings (SSSR count). The molecule has 0 radical (unpaired) electrons. The molecule has 1 fully saturated rings. The third-order valence-electron chi connectivity index (χ3n) is 2.59. The lowest BCUT2D eigenvalue weighted by Gasteiger charge is -2.16. The van der Waals surface area contributed by atoms with E-state index in [-0.39, 0.29) is 11.9 Å². The van der Waals surface area contributed by atoms with Gasteiger partial charge in [0.25, 0.3) is 0 Å². The van der Waals surface area contributed by atoms with Gasteiger partial charge < -0.3 is 11.1 Å². The summed E-state index contributed by atoms with van der Waals surface area (Å²) >= 11 is 1.95. The summed E-state index contributed by atoms with van der Waals surface area (Å²) in [5.74, 6) is 1.72. The van der Waals surface area contributed by atoms with Crippen LogP contribution in [0.5, 0.6) is 0 Å². The van der Waals surface area contributed by atoms with E-state index in [9.17, 15) is 4.79 Å². The molecule has 0 bridgehead atoms. The van der Waals surface area contributed by atoms with Crippen molar-refractivity contribution in [3.8, 4) is 0 Å². The zero-order valence-electron chi connectivity index (χ0n) is 9.66. The standard InChI is InChI=1S/C11H22N2OS/c1-8(2)6-10(12)11(14)13-7-9-4-3-5-15-9/h8-10H,3-7,12H2,1-2H3,(H,13,14)/t9?,10-/m1/s1. The average molecular weight is 230 g/mol. The van der Waals surface area contributed by atoms with Crippen LogP contribution in [0.2, 0.25) is 0 Å². The first-order valence-electron chi connectivity index (χ1n) is 5.74. The van der Waals surface area contributed by atoms with Crippen LogP contribution >= 0.6 is 11.8 Å². The van der Waals surface area contributed by atoms with Gasteiger partial charge in [-0.1, -0.05) is 13.8 Å². The molecule has 0 aromatic carbocycles. The molecule has 2 atom stereocenters. The van der Waals surface area contributed by atoms with Gasteiger partial charge in [-0.25, -0.2) is 0 Å². The molecular formula is C11H22N2OS. The summed E-state index contributed by atoms with van der Waals surface area (Å²) in [4.78, 5) is 11.6. The molecule has 15 heavy (non-hydrogen) atoms. The predicted molar refractivity (Wildman–Crippen MR) is 65.9 cm³/mol. The van der Waals surface area contributed by atoms with Crippen LogP contribution < -0.4 is 11.1 Å². The number of carbonyl (C=O) groups is 1. The lowest BCUT2D eigenvalue weighted by molar-refractivity contribution is -0.122. The molecule has 0 aliphatic carbocycles. The van der Waals surface area contributed by atoms with Crippen molar-refractivity contribution in [2.45, 2.75) is 44.4 Å². The predicted octanol–water partition coefficient (Wildman–Crippen LogP) is 1.37. The summed E-state index contributed by atoms with van der Waals surface area (Å²) in [5, 5.41) is 3.56. The van der Waals surface area contributed by atoms with E-state index in [2.05, 4.69) is 19.2 Å². The summed E-state index contributed by atoms with van der Waals surface area (Å²) in [5.41, 5.74) is 5.78. The number of amides is 1. The number of carbonyl (C=O) groups excluding carboxylic acids is 1. The van der Waals surface area contributed by atoms with Crippen molar-refractivity contribution in [1.29, 1.82) is 0 Å². The summed E-state index contributed by atoms with van der Waals surface area (Å²) in [7, 11) is 0. The highest BCUT2D eigenvalue weighted by molar-refractivity contribution is 8.00. The second-order valence-electron chi connectivity index (χ2n) is 4.62. The Morgan fingerprint density at radius 3 is 2.87 bits per heavy atom. The van der Waals surface area contributed by atoms with Crippen LogP contribution in [0.3, 0.4) is 0 Å². The largest absolute Gasteiger partial charge is 0.354 e. The van der Waals surface area contributed by atoms with Crippen LogP contribution in [0.15, 0.2) is 0 Å². The number of hydrogen-bond acceptors (Lipinski definition) is 3. The highest BCUT2D eigenvalue weighted by Crippen LogP contribution is 2.25. The zero-order chi connectivity index (χ0) is 11.3. The molecule has 1 saturated heterocycles. The van der Waals surface area contributed by atoms with E-state index in [1.807, 2.05) is 11.8 Å². The number of nitrogens with two attached hydrogens (primary N) is 1. The lowest BCUT2D eigenvalue weighted by atomic mass is 10.0. The second-order valence-corrected chi connectivity index (χ2v) is 6.02. The van der Waals surface area contributed by atoms with Crippen LogP contribution in [0.4, 0.5) is 0 Å². The van der Waals surface area contributed by atoms with Crippen molar-refractivity contribution in [2.24, 2.45) is 11.7 Å². The molecule has 0 spiro atoms. The maximum atomic E-state index is 11.6. The Hall–Kier alpha value is -0.220. The Morgan fingerprint density at radius 2 is 2.33 bits per heavy atom. The fourth-order valence-corrected chi connectivity index (χ4v) is 2.97. The molecule has 3 N–H and O–H groups in total. The molecule has 1 unspecified atom stereocenters. The fraction of sp³-hybridized carbons (Fsp3) is 0.909. The SMILES string of the molecule is CC(C)C[C@@H](N)C(=O)NCC1CCCS1. The minimum atomic E-state index is -0.337. The third-order valence-corrected chi connectivity index (χ3v) is 3.99. The van der Waals surface area contributed by atoms with E-state index in [1.165, 1.54) is 18.6 Å². The maximum absolute atomic E-state index is 11.6. The molecule has 3 nitrogen and oxygen atoms in total. The Balaban J connectivity index is 2.16. The van der Waals surface area contributed by atoms with Crippen LogP contribution in [0.25, 0.3) is 0 Å². The van der Waals surface area contributed by atoms with Gasteiger partial charge in [-0.3, -0.25) is 4.79 Å². The van der Waals surface area contributed by atoms with Gasteiger partial charge >= 0.3 is 0 Å². The number of rotatable bonds is 5. The molecule has 0 aromatic heterocycles. The van der Waals surface area contributed by atoms with Crippen molar-refractivity contribution in [2.75, 3.05) is 12.3 Å². The molecule has 0 aromatic rings. The Labute approximate surface area is 96.6 Å². The quantitative estimate of drug-likeness (QED) is 0.750. The Kier molecular flexibility index (Phi) is 5.47. The van der Waals surface area contributed by atoms with Crippen molar-refractivity contribution in [3.05, 3.63) is 0 Å². The highest BCUT2D eigenvalue weighted by atomic mass is 32.2. The van der Waals surface area contributed by atoms with E-state index in [0.29, 0.717) is 11.2 Å². The molecule has 1 aliphatic rings. The first-order valence-corrected chi connectivity index (χ1v) is 6.79. The fourth-order valence-electron chi connectivity index (χ4n) is 1.77. The Bertz CT molecular complexity index is 203. The van der Waals surface area contributed by atoms with E-state index in [0.717, 1.165) is 13.0 Å². The number of thioether (sulfide) groups is 1. The molecule has 0 saturated carbocycles. The van der Waals surface area contributed by atoms with Gasteiger partial charge in [0.2, 0.25) is 5.91 Å². The molecule has 88 valence electrons. The molecule has 1 aliphatic heterocycles. The highest BCUT2D eigenvalue weighted by Gasteiger charge is 2.19. The molecule has 1 heterocycles. The monoisotopic (exact) mass is 230 g/mol. The van der Waals surface area contributed by atoms with Crippen LogP contribution in [0.1, 0.15) is 33.1 Å². The topological polar surface area (TPSA) is 55.1 Å². The number of hydrogen-bond donors (Lipinski definition) is 2. The van der Waals surface area contributed by atoms with Gasteiger partial charge in [0.15, 0.2) is 0 Å². The van der Waals surface area contributed by atoms with Crippen LogP contribution in [0, 0.1) is 5.92 Å². The van der Waals surface area contributed by atoms with E-state index >= 15 is 0 Å².